The molecule has 3 rings (SSSR count). The van der Waals surface area contributed by atoms with E-state index < -0.39 is 0 Å². The Bertz CT molecular complexity index is 458. The van der Waals surface area contributed by atoms with Gasteiger partial charge in [-0.3, -0.25) is 0 Å². The van der Waals surface area contributed by atoms with Gasteiger partial charge in [-0.15, -0.1) is 0 Å². The Morgan fingerprint density at radius 1 is 1.06 bits per heavy atom. The maximum atomic E-state index is 3.31. The minimum atomic E-state index is 0.610. The van der Waals surface area contributed by atoms with Crippen molar-refractivity contribution >= 4 is 0 Å². The number of nitrogens with one attached hydrogen (secondary N) is 1. The average Bonchev–Trinajstić information content (AvgIpc) is 3.15. The van der Waals surface area contributed by atoms with Gasteiger partial charge in [0.05, 0.1) is 0 Å². The van der Waals surface area contributed by atoms with Gasteiger partial charge in [-0.1, -0.05) is 30.3 Å². The second-order valence-corrected chi connectivity index (χ2v) is 4.25. The van der Waals surface area contributed by atoms with Crippen LogP contribution in [0, 0.1) is 0 Å². The van der Waals surface area contributed by atoms with Crippen LogP contribution in [0.1, 0.15) is 17.2 Å². The fraction of sp³-hybridized carbons (Fsp3) is 0.214. The van der Waals surface area contributed by atoms with Crippen molar-refractivity contribution in [1.29, 1.82) is 0 Å². The van der Waals surface area contributed by atoms with Crippen molar-refractivity contribution < 1.29 is 4.57 Å². The number of aromatic nitrogens is 1. The summed E-state index contributed by atoms with van der Waals surface area (Å²) in [5.41, 5.74) is 2.75. The molecule has 16 heavy (non-hydrogen) atoms. The molecule has 1 unspecified atom stereocenters. The molecule has 1 N–H and O–H groups in total. The van der Waals surface area contributed by atoms with Gasteiger partial charge in [-0.25, -0.2) is 4.57 Å². The third-order valence-electron chi connectivity index (χ3n) is 2.93. The minimum absolute atomic E-state index is 0.610. The van der Waals surface area contributed by atoms with Crippen LogP contribution in [0.4, 0.5) is 0 Å². The van der Waals surface area contributed by atoms with Crippen LogP contribution in [-0.2, 0) is 6.54 Å². The molecule has 1 aromatic carbocycles. The van der Waals surface area contributed by atoms with Crippen LogP contribution in [-0.4, -0.2) is 6.54 Å². The molecule has 0 spiro atoms. The van der Waals surface area contributed by atoms with Crippen molar-refractivity contribution in [2.75, 3.05) is 6.54 Å². The van der Waals surface area contributed by atoms with E-state index in [1.54, 1.807) is 0 Å². The van der Waals surface area contributed by atoms with E-state index in [4.69, 9.17) is 0 Å². The van der Waals surface area contributed by atoms with Crippen molar-refractivity contribution in [2.24, 2.45) is 0 Å². The van der Waals surface area contributed by atoms with Crippen molar-refractivity contribution in [3.05, 3.63) is 66.0 Å². The van der Waals surface area contributed by atoms with E-state index in [1.807, 2.05) is 6.07 Å². The second kappa shape index (κ2) is 4.06. The maximum absolute atomic E-state index is 3.31. The summed E-state index contributed by atoms with van der Waals surface area (Å²) in [6.45, 7) is 2.08. The Morgan fingerprint density at radius 2 is 1.75 bits per heavy atom. The number of pyridine rings is 1. The highest BCUT2D eigenvalue weighted by Gasteiger charge is 2.21. The molecule has 0 aliphatic carbocycles. The molecule has 0 radical (unpaired) electrons. The fourth-order valence-electron chi connectivity index (χ4n) is 1.90. The van der Waals surface area contributed by atoms with Crippen LogP contribution in [0.2, 0.25) is 0 Å². The number of benzene rings is 1. The smallest absolute Gasteiger partial charge is 0.173 e. The normalized spacial score (nSPS) is 18.4. The Hall–Kier alpha value is -1.67. The lowest BCUT2D eigenvalue weighted by atomic mass is 10.1. The molecule has 1 aliphatic rings. The highest BCUT2D eigenvalue weighted by atomic mass is 15.1. The van der Waals surface area contributed by atoms with Gasteiger partial charge in [-0.05, 0) is 5.56 Å². The molecule has 2 heteroatoms. The molecule has 2 heterocycles. The first kappa shape index (κ1) is 9.55. The molecular weight excluding hydrogens is 196 g/mol. The molecule has 1 aliphatic heterocycles. The van der Waals surface area contributed by atoms with Crippen LogP contribution >= 0.6 is 0 Å². The maximum Gasteiger partial charge on any atom is 0.173 e. The monoisotopic (exact) mass is 211 g/mol. The standard InChI is InChI=1S/C14H15N2/c1-2-8-16(9-3-1)11-12-4-6-13(7-5-12)14-10-15-14/h1-9,14-15H,10-11H2/q+1. The van der Waals surface area contributed by atoms with Gasteiger partial charge in [0, 0.05) is 30.3 Å². The highest BCUT2D eigenvalue weighted by Crippen LogP contribution is 2.21. The molecule has 1 aromatic heterocycles. The number of nitrogens with zero attached hydrogens (tertiary/aromatic N) is 1. The summed E-state index contributed by atoms with van der Waals surface area (Å²) in [6, 6.07) is 15.7. The van der Waals surface area contributed by atoms with Gasteiger partial charge in [0.2, 0.25) is 0 Å². The summed E-state index contributed by atoms with van der Waals surface area (Å²) in [6.07, 6.45) is 4.19. The third-order valence-corrected chi connectivity index (χ3v) is 2.93. The Balaban J connectivity index is 1.75. The quantitative estimate of drug-likeness (QED) is 0.606. The number of hydrogen-bond acceptors (Lipinski definition) is 1. The summed E-state index contributed by atoms with van der Waals surface area (Å²) in [7, 11) is 0. The highest BCUT2D eigenvalue weighted by molar-refractivity contribution is 5.27. The van der Waals surface area contributed by atoms with E-state index in [1.165, 1.54) is 11.1 Å². The summed E-state index contributed by atoms with van der Waals surface area (Å²) < 4.78 is 2.18. The van der Waals surface area contributed by atoms with Gasteiger partial charge in [-0.2, -0.15) is 0 Å². The Kier molecular flexibility index (Phi) is 2.43. The lowest BCUT2D eigenvalue weighted by Crippen LogP contribution is -2.32. The molecule has 80 valence electrons. The third kappa shape index (κ3) is 2.12. The Morgan fingerprint density at radius 3 is 2.38 bits per heavy atom. The molecular formula is C14H15N2+. The topological polar surface area (TPSA) is 25.8 Å². The average molecular weight is 211 g/mol. The molecule has 1 atom stereocenters. The van der Waals surface area contributed by atoms with Gasteiger partial charge >= 0.3 is 0 Å². The van der Waals surface area contributed by atoms with Crippen LogP contribution < -0.4 is 9.88 Å². The molecule has 1 fully saturated rings. The van der Waals surface area contributed by atoms with Crippen LogP contribution in [0.15, 0.2) is 54.9 Å². The van der Waals surface area contributed by atoms with E-state index in [9.17, 15) is 0 Å². The zero-order chi connectivity index (χ0) is 10.8. The molecule has 0 saturated carbocycles. The lowest BCUT2D eigenvalue weighted by molar-refractivity contribution is -0.688. The fourth-order valence-corrected chi connectivity index (χ4v) is 1.90. The molecule has 2 nitrogen and oxygen atoms in total. The van der Waals surface area contributed by atoms with Crippen molar-refractivity contribution in [3.8, 4) is 0 Å². The second-order valence-electron chi connectivity index (χ2n) is 4.25. The summed E-state index contributed by atoms with van der Waals surface area (Å²) >= 11 is 0. The zero-order valence-electron chi connectivity index (χ0n) is 9.13. The molecule has 0 amide bonds. The van der Waals surface area contributed by atoms with Crippen molar-refractivity contribution in [1.82, 2.24) is 5.32 Å². The van der Waals surface area contributed by atoms with Gasteiger partial charge in [0.25, 0.3) is 0 Å². The van der Waals surface area contributed by atoms with E-state index in [-0.39, 0.29) is 0 Å². The summed E-state index contributed by atoms with van der Waals surface area (Å²) in [5, 5.41) is 3.31. The lowest BCUT2D eigenvalue weighted by Gasteiger charge is -2.00. The first-order valence-corrected chi connectivity index (χ1v) is 5.68. The minimum Gasteiger partial charge on any atom is -0.307 e. The Labute approximate surface area is 95.6 Å². The molecule has 1 saturated heterocycles. The molecule has 0 bridgehead atoms. The first-order valence-electron chi connectivity index (χ1n) is 5.68. The van der Waals surface area contributed by atoms with Crippen LogP contribution in [0.3, 0.4) is 0 Å². The van der Waals surface area contributed by atoms with Gasteiger partial charge in [0.1, 0.15) is 0 Å². The van der Waals surface area contributed by atoms with E-state index >= 15 is 0 Å². The van der Waals surface area contributed by atoms with Crippen LogP contribution in [0.5, 0.6) is 0 Å². The number of hydrogen-bond donors (Lipinski definition) is 1. The van der Waals surface area contributed by atoms with Crippen LogP contribution in [0.25, 0.3) is 0 Å². The van der Waals surface area contributed by atoms with Crippen molar-refractivity contribution in [2.45, 2.75) is 12.6 Å². The predicted molar refractivity (Wildman–Crippen MR) is 62.9 cm³/mol. The van der Waals surface area contributed by atoms with E-state index in [0.29, 0.717) is 6.04 Å². The zero-order valence-corrected chi connectivity index (χ0v) is 9.13. The first-order chi connectivity index (χ1) is 7.92. The summed E-state index contributed by atoms with van der Waals surface area (Å²) in [4.78, 5) is 0. The van der Waals surface area contributed by atoms with Gasteiger partial charge < -0.3 is 5.32 Å². The molecule has 2 aromatic rings. The summed E-state index contributed by atoms with van der Waals surface area (Å²) in [5.74, 6) is 0. The number of rotatable bonds is 3. The van der Waals surface area contributed by atoms with E-state index in [2.05, 4.69) is 58.7 Å². The largest absolute Gasteiger partial charge is 0.307 e. The SMILES string of the molecule is c1cc[n+](Cc2ccc(C3CN3)cc2)cc1. The van der Waals surface area contributed by atoms with Crippen molar-refractivity contribution in [3.63, 3.8) is 0 Å². The van der Waals surface area contributed by atoms with Gasteiger partial charge in [0.15, 0.2) is 18.9 Å². The predicted octanol–water partition coefficient (Wildman–Crippen LogP) is 1.67. The van der Waals surface area contributed by atoms with E-state index in [0.717, 1.165) is 13.1 Å².